The summed E-state index contributed by atoms with van der Waals surface area (Å²) in [6.07, 6.45) is 3.99. The van der Waals surface area contributed by atoms with E-state index in [-0.39, 0.29) is 11.9 Å². The minimum atomic E-state index is -0.0489. The first-order valence-electron chi connectivity index (χ1n) is 9.04. The van der Waals surface area contributed by atoms with Gasteiger partial charge in [-0.25, -0.2) is 4.98 Å². The van der Waals surface area contributed by atoms with Gasteiger partial charge < -0.3 is 4.98 Å². The number of likely N-dealkylation sites (tertiary alicyclic amines) is 1. The number of nitrogens with zero attached hydrogens (tertiary/aromatic N) is 4. The Bertz CT molecular complexity index is 871. The molecule has 1 amide bonds. The van der Waals surface area contributed by atoms with Crippen LogP contribution in [0.15, 0.2) is 24.3 Å². The molecular formula is C18H22N6OS. The van der Waals surface area contributed by atoms with Crippen LogP contribution in [-0.2, 0) is 11.2 Å². The second-order valence-corrected chi connectivity index (χ2v) is 7.63. The SMILES string of the molecule is CCCc1nnc(NC(=O)CN2CCC[C@H]2c2nc3ccccc3[nH]2)s1. The van der Waals surface area contributed by atoms with Crippen LogP contribution in [0.3, 0.4) is 0 Å². The smallest absolute Gasteiger partial charge is 0.240 e. The van der Waals surface area contributed by atoms with Gasteiger partial charge in [-0.05, 0) is 37.9 Å². The number of hydrogen-bond acceptors (Lipinski definition) is 6. The maximum atomic E-state index is 12.4. The highest BCUT2D eigenvalue weighted by Gasteiger charge is 2.30. The topological polar surface area (TPSA) is 86.8 Å². The standard InChI is InChI=1S/C18H22N6OS/c1-2-6-16-22-23-18(26-16)21-15(25)11-24-10-5-9-14(24)17-19-12-7-3-4-8-13(12)20-17/h3-4,7-8,14H,2,5-6,9-11H2,1H3,(H,19,20)(H,21,23,25)/t14-/m0/s1. The molecule has 1 aliphatic heterocycles. The van der Waals surface area contributed by atoms with Crippen molar-refractivity contribution in [3.8, 4) is 0 Å². The molecule has 7 nitrogen and oxygen atoms in total. The van der Waals surface area contributed by atoms with E-state index in [2.05, 4.69) is 32.3 Å². The summed E-state index contributed by atoms with van der Waals surface area (Å²) >= 11 is 1.45. The molecule has 0 spiro atoms. The number of anilines is 1. The highest BCUT2D eigenvalue weighted by molar-refractivity contribution is 7.15. The fourth-order valence-electron chi connectivity index (χ4n) is 3.42. The molecule has 0 radical (unpaired) electrons. The lowest BCUT2D eigenvalue weighted by molar-refractivity contribution is -0.117. The van der Waals surface area contributed by atoms with Crippen LogP contribution in [0.25, 0.3) is 11.0 Å². The van der Waals surface area contributed by atoms with E-state index in [0.717, 1.165) is 54.1 Å². The number of benzene rings is 1. The normalized spacial score (nSPS) is 17.8. The van der Waals surface area contributed by atoms with Crippen molar-refractivity contribution in [2.45, 2.75) is 38.6 Å². The molecule has 8 heteroatoms. The molecule has 26 heavy (non-hydrogen) atoms. The van der Waals surface area contributed by atoms with Crippen molar-refractivity contribution >= 4 is 33.4 Å². The summed E-state index contributed by atoms with van der Waals surface area (Å²) in [7, 11) is 0. The van der Waals surface area contributed by atoms with Crippen molar-refractivity contribution in [3.05, 3.63) is 35.1 Å². The number of para-hydroxylation sites is 2. The van der Waals surface area contributed by atoms with Crippen LogP contribution in [0.4, 0.5) is 5.13 Å². The van der Waals surface area contributed by atoms with Crippen LogP contribution < -0.4 is 5.32 Å². The maximum absolute atomic E-state index is 12.4. The largest absolute Gasteiger partial charge is 0.341 e. The lowest BCUT2D eigenvalue weighted by Gasteiger charge is -2.21. The summed E-state index contributed by atoms with van der Waals surface area (Å²) in [6, 6.07) is 8.17. The zero-order valence-corrected chi connectivity index (χ0v) is 15.6. The van der Waals surface area contributed by atoms with Gasteiger partial charge in [-0.2, -0.15) is 0 Å². The molecule has 2 N–H and O–H groups in total. The van der Waals surface area contributed by atoms with Crippen LogP contribution in [0.2, 0.25) is 0 Å². The quantitative estimate of drug-likeness (QED) is 0.696. The Hall–Kier alpha value is -2.32. The number of carbonyl (C=O) groups is 1. The number of aryl methyl sites for hydroxylation is 1. The van der Waals surface area contributed by atoms with Gasteiger partial charge in [-0.1, -0.05) is 30.4 Å². The fourth-order valence-corrected chi connectivity index (χ4v) is 4.28. The van der Waals surface area contributed by atoms with E-state index in [4.69, 9.17) is 4.98 Å². The Balaban J connectivity index is 1.42. The third kappa shape index (κ3) is 3.61. The summed E-state index contributed by atoms with van der Waals surface area (Å²) in [5.74, 6) is 0.893. The Labute approximate surface area is 155 Å². The van der Waals surface area contributed by atoms with Crippen LogP contribution in [-0.4, -0.2) is 44.1 Å². The van der Waals surface area contributed by atoms with Gasteiger partial charge in [0.25, 0.3) is 0 Å². The maximum Gasteiger partial charge on any atom is 0.240 e. The van der Waals surface area contributed by atoms with Crippen molar-refractivity contribution in [2.75, 3.05) is 18.4 Å². The number of aromatic nitrogens is 4. The predicted octanol–water partition coefficient (Wildman–Crippen LogP) is 3.14. The third-order valence-electron chi connectivity index (χ3n) is 4.61. The highest BCUT2D eigenvalue weighted by Crippen LogP contribution is 2.31. The summed E-state index contributed by atoms with van der Waals surface area (Å²) in [5, 5.41) is 12.6. The van der Waals surface area contributed by atoms with Gasteiger partial charge in [-0.3, -0.25) is 15.0 Å². The molecule has 1 saturated heterocycles. The van der Waals surface area contributed by atoms with Gasteiger partial charge >= 0.3 is 0 Å². The van der Waals surface area contributed by atoms with Gasteiger partial charge in [0.1, 0.15) is 10.8 Å². The van der Waals surface area contributed by atoms with Crippen LogP contribution in [0.1, 0.15) is 43.1 Å². The lowest BCUT2D eigenvalue weighted by atomic mass is 10.2. The van der Waals surface area contributed by atoms with E-state index in [1.807, 2.05) is 24.3 Å². The van der Waals surface area contributed by atoms with Gasteiger partial charge in [0.05, 0.1) is 23.6 Å². The highest BCUT2D eigenvalue weighted by atomic mass is 32.1. The second kappa shape index (κ2) is 7.51. The molecule has 2 aromatic heterocycles. The Morgan fingerprint density at radius 1 is 1.38 bits per heavy atom. The van der Waals surface area contributed by atoms with Gasteiger partial charge in [0.15, 0.2) is 0 Å². The van der Waals surface area contributed by atoms with E-state index in [9.17, 15) is 4.79 Å². The van der Waals surface area contributed by atoms with Gasteiger partial charge in [-0.15, -0.1) is 10.2 Å². The van der Waals surface area contributed by atoms with Crippen LogP contribution in [0.5, 0.6) is 0 Å². The van der Waals surface area contributed by atoms with Crippen molar-refractivity contribution in [3.63, 3.8) is 0 Å². The monoisotopic (exact) mass is 370 g/mol. The number of rotatable bonds is 6. The number of imidazole rings is 1. The van der Waals surface area contributed by atoms with Gasteiger partial charge in [0.2, 0.25) is 11.0 Å². The van der Waals surface area contributed by atoms with Crippen LogP contribution in [0, 0.1) is 0 Å². The summed E-state index contributed by atoms with van der Waals surface area (Å²) < 4.78 is 0. The average molecular weight is 370 g/mol. The summed E-state index contributed by atoms with van der Waals surface area (Å²) in [6.45, 7) is 3.34. The number of H-pyrrole nitrogens is 1. The van der Waals surface area contributed by atoms with E-state index < -0.39 is 0 Å². The first-order chi connectivity index (χ1) is 12.7. The minimum Gasteiger partial charge on any atom is -0.341 e. The van der Waals surface area contributed by atoms with Crippen molar-refractivity contribution < 1.29 is 4.79 Å². The Morgan fingerprint density at radius 3 is 3.12 bits per heavy atom. The number of nitrogens with one attached hydrogen (secondary N) is 2. The van der Waals surface area contributed by atoms with Crippen molar-refractivity contribution in [1.29, 1.82) is 0 Å². The molecule has 1 atom stereocenters. The average Bonchev–Trinajstić information content (AvgIpc) is 3.34. The number of carbonyl (C=O) groups excluding carboxylic acids is 1. The molecule has 1 aromatic carbocycles. The van der Waals surface area contributed by atoms with E-state index in [1.165, 1.54) is 11.3 Å². The molecule has 3 aromatic rings. The molecule has 1 fully saturated rings. The molecule has 0 unspecified atom stereocenters. The Morgan fingerprint density at radius 2 is 2.27 bits per heavy atom. The second-order valence-electron chi connectivity index (χ2n) is 6.57. The third-order valence-corrected chi connectivity index (χ3v) is 5.51. The molecule has 3 heterocycles. The molecule has 0 bridgehead atoms. The fraction of sp³-hybridized carbons (Fsp3) is 0.444. The zero-order valence-electron chi connectivity index (χ0n) is 14.7. The molecule has 1 aliphatic rings. The molecule has 0 saturated carbocycles. The van der Waals surface area contributed by atoms with Gasteiger partial charge in [0, 0.05) is 6.42 Å². The van der Waals surface area contributed by atoms with E-state index in [0.29, 0.717) is 11.7 Å². The Kier molecular flexibility index (Phi) is 4.94. The lowest BCUT2D eigenvalue weighted by Crippen LogP contribution is -2.33. The molecule has 136 valence electrons. The van der Waals surface area contributed by atoms with E-state index in [1.54, 1.807) is 0 Å². The number of hydrogen-bond donors (Lipinski definition) is 2. The number of fused-ring (bicyclic) bond motifs is 1. The minimum absolute atomic E-state index is 0.0489. The molecule has 0 aliphatic carbocycles. The first-order valence-corrected chi connectivity index (χ1v) is 9.85. The number of aromatic amines is 1. The predicted molar refractivity (Wildman–Crippen MR) is 102 cm³/mol. The number of amides is 1. The van der Waals surface area contributed by atoms with Crippen molar-refractivity contribution in [2.24, 2.45) is 0 Å². The van der Waals surface area contributed by atoms with E-state index >= 15 is 0 Å². The molecule has 4 rings (SSSR count). The summed E-state index contributed by atoms with van der Waals surface area (Å²) in [4.78, 5) is 22.7. The summed E-state index contributed by atoms with van der Waals surface area (Å²) in [5.41, 5.74) is 2.01. The zero-order chi connectivity index (χ0) is 17.9. The first kappa shape index (κ1) is 17.1. The van der Waals surface area contributed by atoms with Crippen LogP contribution >= 0.6 is 11.3 Å². The van der Waals surface area contributed by atoms with Crippen molar-refractivity contribution in [1.82, 2.24) is 25.1 Å². The molecular weight excluding hydrogens is 348 g/mol.